The number of hydrogen-bond donors (Lipinski definition) is 3. The number of nitrogens with one attached hydrogen (secondary N) is 1. The zero-order valence-corrected chi connectivity index (χ0v) is 9.40. The summed E-state index contributed by atoms with van der Waals surface area (Å²) in [4.78, 5) is 10.3. The first-order chi connectivity index (χ1) is 7.49. The maximum Gasteiger partial charge on any atom is 0.235 e. The van der Waals surface area contributed by atoms with Crippen molar-refractivity contribution in [3.8, 4) is 11.5 Å². The smallest absolute Gasteiger partial charge is 0.235 e. The van der Waals surface area contributed by atoms with Gasteiger partial charge in [-0.1, -0.05) is 0 Å². The fraction of sp³-hybridized carbons (Fsp3) is 0.364. The van der Waals surface area contributed by atoms with E-state index in [1.807, 2.05) is 7.05 Å². The number of aryl methyl sites for hydroxylation is 1. The molecule has 0 radical (unpaired) electrons. The second-order valence-corrected chi connectivity index (χ2v) is 3.68. The normalized spacial score (nSPS) is 15.2. The van der Waals surface area contributed by atoms with Crippen LogP contribution in [0.3, 0.4) is 0 Å². The average molecular weight is 224 g/mol. The summed E-state index contributed by atoms with van der Waals surface area (Å²) in [6.07, 6.45) is 0.649. The van der Waals surface area contributed by atoms with Gasteiger partial charge in [0.05, 0.1) is 0 Å². The third kappa shape index (κ3) is 3.78. The number of aromatic hydroxyl groups is 2. The Labute approximate surface area is 94.3 Å². The van der Waals surface area contributed by atoms with Gasteiger partial charge in [0.15, 0.2) is 0 Å². The summed E-state index contributed by atoms with van der Waals surface area (Å²) < 4.78 is 0. The molecule has 1 saturated heterocycles. The third-order valence-corrected chi connectivity index (χ3v) is 2.17. The van der Waals surface area contributed by atoms with Crippen LogP contribution in [0.15, 0.2) is 18.2 Å². The lowest BCUT2D eigenvalue weighted by molar-refractivity contribution is -0.120. The molecular formula is C11H16N2O3. The minimum atomic E-state index is 0.127. The van der Waals surface area contributed by atoms with Gasteiger partial charge >= 0.3 is 0 Å². The number of benzene rings is 1. The largest absolute Gasteiger partial charge is 0.508 e. The second-order valence-electron chi connectivity index (χ2n) is 3.68. The molecule has 0 atom stereocenters. The molecule has 0 spiro atoms. The highest BCUT2D eigenvalue weighted by Gasteiger charge is 2.12. The summed E-state index contributed by atoms with van der Waals surface area (Å²) in [5, 5.41) is 19.5. The Morgan fingerprint density at radius 2 is 2.06 bits per heavy atom. The Bertz CT molecular complexity index is 379. The predicted octanol–water partition coefficient (Wildman–Crippen LogP) is 0.759. The van der Waals surface area contributed by atoms with Crippen LogP contribution in [0.1, 0.15) is 12.0 Å². The van der Waals surface area contributed by atoms with E-state index in [9.17, 15) is 4.79 Å². The summed E-state index contributed by atoms with van der Waals surface area (Å²) in [5.74, 6) is 0.528. The molecule has 5 nitrogen and oxygen atoms in total. The highest BCUT2D eigenvalue weighted by molar-refractivity contribution is 5.77. The predicted molar refractivity (Wildman–Crippen MR) is 59.9 cm³/mol. The van der Waals surface area contributed by atoms with Crippen molar-refractivity contribution < 1.29 is 15.0 Å². The van der Waals surface area contributed by atoms with Crippen molar-refractivity contribution in [3.63, 3.8) is 0 Å². The van der Waals surface area contributed by atoms with E-state index in [4.69, 9.17) is 10.2 Å². The summed E-state index contributed by atoms with van der Waals surface area (Å²) in [7, 11) is 1.85. The SMILES string of the molecule is CN1CCC(=O)N1.Cc1cc(O)ccc1O. The van der Waals surface area contributed by atoms with Crippen LogP contribution in [-0.4, -0.2) is 34.7 Å². The van der Waals surface area contributed by atoms with Crippen LogP contribution < -0.4 is 5.43 Å². The molecule has 1 fully saturated rings. The van der Waals surface area contributed by atoms with E-state index in [1.165, 1.54) is 18.2 Å². The Balaban J connectivity index is 0.000000165. The van der Waals surface area contributed by atoms with Gasteiger partial charge in [0, 0.05) is 20.0 Å². The standard InChI is InChI=1S/C7H8O2.C4H8N2O/c1-5-4-6(8)2-3-7(5)9;1-6-3-2-4(7)5-6/h2-4,8-9H,1H3;2-3H2,1H3,(H,5,7). The Kier molecular flexibility index (Phi) is 4.13. The number of carbonyl (C=O) groups excluding carboxylic acids is 1. The zero-order valence-electron chi connectivity index (χ0n) is 9.40. The van der Waals surface area contributed by atoms with Crippen molar-refractivity contribution in [1.29, 1.82) is 0 Å². The number of hydrazine groups is 1. The Morgan fingerprint density at radius 1 is 1.38 bits per heavy atom. The minimum absolute atomic E-state index is 0.127. The molecule has 16 heavy (non-hydrogen) atoms. The molecule has 1 amide bonds. The van der Waals surface area contributed by atoms with Gasteiger partial charge in [0.25, 0.3) is 0 Å². The fourth-order valence-electron chi connectivity index (χ4n) is 1.23. The van der Waals surface area contributed by atoms with Gasteiger partial charge in [-0.25, -0.2) is 5.01 Å². The lowest BCUT2D eigenvalue weighted by Crippen LogP contribution is -2.28. The molecule has 88 valence electrons. The molecule has 2 rings (SSSR count). The molecule has 1 aromatic carbocycles. The lowest BCUT2D eigenvalue weighted by atomic mass is 10.2. The molecule has 1 heterocycles. The highest BCUT2D eigenvalue weighted by atomic mass is 16.3. The first-order valence-electron chi connectivity index (χ1n) is 4.98. The molecule has 0 bridgehead atoms. The van der Waals surface area contributed by atoms with Crippen molar-refractivity contribution in [2.75, 3.05) is 13.6 Å². The van der Waals surface area contributed by atoms with Crippen molar-refractivity contribution in [2.45, 2.75) is 13.3 Å². The topological polar surface area (TPSA) is 72.8 Å². The molecule has 0 aliphatic carbocycles. The van der Waals surface area contributed by atoms with E-state index in [0.29, 0.717) is 12.0 Å². The first kappa shape index (κ1) is 12.3. The maximum absolute atomic E-state index is 10.3. The molecule has 1 aliphatic heterocycles. The van der Waals surface area contributed by atoms with E-state index in [-0.39, 0.29) is 17.4 Å². The van der Waals surface area contributed by atoms with Crippen LogP contribution in [0.25, 0.3) is 0 Å². The number of nitrogens with zero attached hydrogens (tertiary/aromatic N) is 1. The quantitative estimate of drug-likeness (QED) is 0.569. The number of hydrogen-bond acceptors (Lipinski definition) is 4. The van der Waals surface area contributed by atoms with Gasteiger partial charge in [0.2, 0.25) is 5.91 Å². The van der Waals surface area contributed by atoms with Crippen molar-refractivity contribution in [2.24, 2.45) is 0 Å². The highest BCUT2D eigenvalue weighted by Crippen LogP contribution is 2.19. The number of amides is 1. The Morgan fingerprint density at radius 3 is 2.38 bits per heavy atom. The van der Waals surface area contributed by atoms with Crippen molar-refractivity contribution >= 4 is 5.91 Å². The van der Waals surface area contributed by atoms with Gasteiger partial charge in [-0.3, -0.25) is 10.2 Å². The maximum atomic E-state index is 10.3. The first-order valence-corrected chi connectivity index (χ1v) is 4.98. The molecule has 1 aromatic rings. The second kappa shape index (κ2) is 5.37. The van der Waals surface area contributed by atoms with E-state index in [2.05, 4.69) is 5.43 Å². The van der Waals surface area contributed by atoms with Crippen LogP contribution in [0.4, 0.5) is 0 Å². The zero-order chi connectivity index (χ0) is 12.1. The van der Waals surface area contributed by atoms with E-state index < -0.39 is 0 Å². The van der Waals surface area contributed by atoms with Crippen LogP contribution in [0.2, 0.25) is 0 Å². The number of phenols is 2. The van der Waals surface area contributed by atoms with Gasteiger partial charge in [-0.2, -0.15) is 0 Å². The van der Waals surface area contributed by atoms with Crippen LogP contribution in [0, 0.1) is 6.92 Å². The van der Waals surface area contributed by atoms with Gasteiger partial charge in [-0.05, 0) is 30.7 Å². The van der Waals surface area contributed by atoms with Crippen LogP contribution >= 0.6 is 0 Å². The molecule has 3 N–H and O–H groups in total. The van der Waals surface area contributed by atoms with Gasteiger partial charge < -0.3 is 10.2 Å². The molecule has 0 unspecified atom stereocenters. The molecular weight excluding hydrogens is 208 g/mol. The lowest BCUT2D eigenvalue weighted by Gasteiger charge is -2.02. The molecule has 5 heteroatoms. The fourth-order valence-corrected chi connectivity index (χ4v) is 1.23. The van der Waals surface area contributed by atoms with Crippen LogP contribution in [0.5, 0.6) is 11.5 Å². The summed E-state index contributed by atoms with van der Waals surface area (Å²) >= 11 is 0. The van der Waals surface area contributed by atoms with E-state index in [1.54, 1.807) is 11.9 Å². The van der Waals surface area contributed by atoms with E-state index in [0.717, 1.165) is 6.54 Å². The summed E-state index contributed by atoms with van der Waals surface area (Å²) in [5.41, 5.74) is 3.30. The molecule has 0 aromatic heterocycles. The average Bonchev–Trinajstić information content (AvgIpc) is 2.58. The minimum Gasteiger partial charge on any atom is -0.508 e. The third-order valence-electron chi connectivity index (χ3n) is 2.17. The number of phenolic OH excluding ortho intramolecular Hbond substituents is 2. The molecule has 0 saturated carbocycles. The van der Waals surface area contributed by atoms with Crippen molar-refractivity contribution in [3.05, 3.63) is 23.8 Å². The molecule has 1 aliphatic rings. The van der Waals surface area contributed by atoms with Crippen molar-refractivity contribution in [1.82, 2.24) is 10.4 Å². The van der Waals surface area contributed by atoms with Gasteiger partial charge in [0.1, 0.15) is 11.5 Å². The van der Waals surface area contributed by atoms with Gasteiger partial charge in [-0.15, -0.1) is 0 Å². The number of carbonyl (C=O) groups is 1. The number of rotatable bonds is 0. The summed E-state index contributed by atoms with van der Waals surface area (Å²) in [6, 6.07) is 4.42. The Hall–Kier alpha value is -1.75. The monoisotopic (exact) mass is 224 g/mol. The van der Waals surface area contributed by atoms with Crippen LogP contribution in [-0.2, 0) is 4.79 Å². The van der Waals surface area contributed by atoms with E-state index >= 15 is 0 Å². The summed E-state index contributed by atoms with van der Waals surface area (Å²) in [6.45, 7) is 2.58.